The second-order valence-corrected chi connectivity index (χ2v) is 7.68. The summed E-state index contributed by atoms with van der Waals surface area (Å²) in [7, 11) is 3.07. The van der Waals surface area contributed by atoms with Crippen LogP contribution in [0.3, 0.4) is 0 Å². The van der Waals surface area contributed by atoms with Crippen LogP contribution in [0, 0.1) is 0 Å². The highest BCUT2D eigenvalue weighted by atomic mass is 35.5. The van der Waals surface area contributed by atoms with Crippen LogP contribution >= 0.6 is 11.6 Å². The quantitative estimate of drug-likeness (QED) is 0.481. The number of hydrogen-bond donors (Lipinski definition) is 1. The smallest absolute Gasteiger partial charge is 0.261 e. The average Bonchev–Trinajstić information content (AvgIpc) is 2.81. The van der Waals surface area contributed by atoms with Gasteiger partial charge in [-0.25, -0.2) is 0 Å². The Labute approximate surface area is 194 Å². The lowest BCUT2D eigenvalue weighted by molar-refractivity contribution is -0.142. The van der Waals surface area contributed by atoms with Crippen LogP contribution in [0.25, 0.3) is 0 Å². The predicted octanol–water partition coefficient (Wildman–Crippen LogP) is 4.07. The number of ether oxygens (including phenoxy) is 3. The summed E-state index contributed by atoms with van der Waals surface area (Å²) in [6.07, 6.45) is 1.84. The molecular weight excluding hydrogens is 432 g/mol. The average molecular weight is 463 g/mol. The summed E-state index contributed by atoms with van der Waals surface area (Å²) >= 11 is 6.30. The summed E-state index contributed by atoms with van der Waals surface area (Å²) in [5, 5.41) is 3.41. The van der Waals surface area contributed by atoms with Gasteiger partial charge < -0.3 is 24.4 Å². The number of methoxy groups -OCH3 is 2. The molecule has 0 radical (unpaired) electrons. The monoisotopic (exact) mass is 462 g/mol. The molecule has 8 heteroatoms. The molecule has 2 aromatic carbocycles. The van der Waals surface area contributed by atoms with Crippen molar-refractivity contribution in [3.05, 3.63) is 53.1 Å². The zero-order valence-electron chi connectivity index (χ0n) is 19.0. The van der Waals surface area contributed by atoms with Gasteiger partial charge in [0.2, 0.25) is 5.91 Å². The van der Waals surface area contributed by atoms with Crippen molar-refractivity contribution in [1.82, 2.24) is 10.2 Å². The Morgan fingerprint density at radius 1 is 1.06 bits per heavy atom. The molecule has 7 nitrogen and oxygen atoms in total. The maximum absolute atomic E-state index is 13.1. The van der Waals surface area contributed by atoms with Gasteiger partial charge in [0.05, 0.1) is 14.2 Å². The maximum atomic E-state index is 13.1. The lowest BCUT2D eigenvalue weighted by atomic mass is 10.1. The molecule has 1 atom stereocenters. The number of carbonyl (C=O) groups is 2. The molecule has 0 aliphatic rings. The third kappa shape index (κ3) is 7.34. The van der Waals surface area contributed by atoms with Crippen LogP contribution in [-0.4, -0.2) is 50.1 Å². The predicted molar refractivity (Wildman–Crippen MR) is 124 cm³/mol. The standard InChI is InChI=1S/C24H31ClN2O5/c1-5-6-11-26-24(29)17(2)27(15-18-9-7-8-10-22(18)25)23(28)16-32-21-13-19(30-3)12-20(14-21)31-4/h7-10,12-14,17H,5-6,11,15-16H2,1-4H3,(H,26,29). The van der Waals surface area contributed by atoms with Crippen LogP contribution in [0.4, 0.5) is 0 Å². The van der Waals surface area contributed by atoms with Gasteiger partial charge in [-0.2, -0.15) is 0 Å². The topological polar surface area (TPSA) is 77.1 Å². The van der Waals surface area contributed by atoms with Crippen LogP contribution in [0.2, 0.25) is 5.02 Å². The fraction of sp³-hybridized carbons (Fsp3) is 0.417. The first-order chi connectivity index (χ1) is 15.4. The third-order valence-electron chi connectivity index (χ3n) is 4.98. The number of amides is 2. The molecule has 2 amide bonds. The summed E-state index contributed by atoms with van der Waals surface area (Å²) in [5.74, 6) is 0.950. The minimum absolute atomic E-state index is 0.186. The molecular formula is C24H31ClN2O5. The summed E-state index contributed by atoms with van der Waals surface area (Å²) in [4.78, 5) is 27.3. The number of benzene rings is 2. The molecule has 32 heavy (non-hydrogen) atoms. The van der Waals surface area contributed by atoms with Crippen LogP contribution in [-0.2, 0) is 16.1 Å². The van der Waals surface area contributed by atoms with E-state index in [4.69, 9.17) is 25.8 Å². The molecule has 0 fully saturated rings. The molecule has 2 aromatic rings. The van der Waals surface area contributed by atoms with Gasteiger partial charge in [0, 0.05) is 36.3 Å². The van der Waals surface area contributed by atoms with Gasteiger partial charge in [-0.3, -0.25) is 9.59 Å². The molecule has 0 aromatic heterocycles. The minimum atomic E-state index is -0.695. The molecule has 0 saturated carbocycles. The summed E-state index contributed by atoms with van der Waals surface area (Å²) in [6.45, 7) is 4.24. The largest absolute Gasteiger partial charge is 0.496 e. The Balaban J connectivity index is 2.17. The van der Waals surface area contributed by atoms with Gasteiger partial charge >= 0.3 is 0 Å². The lowest BCUT2D eigenvalue weighted by Crippen LogP contribution is -2.49. The summed E-state index contributed by atoms with van der Waals surface area (Å²) < 4.78 is 16.2. The first-order valence-electron chi connectivity index (χ1n) is 10.6. The van der Waals surface area contributed by atoms with Gasteiger partial charge in [-0.15, -0.1) is 0 Å². The van der Waals surface area contributed by atoms with E-state index in [1.807, 2.05) is 25.1 Å². The zero-order valence-corrected chi connectivity index (χ0v) is 19.8. The SMILES string of the molecule is CCCCNC(=O)C(C)N(Cc1ccccc1Cl)C(=O)COc1cc(OC)cc(OC)c1. The Morgan fingerprint density at radius 2 is 1.69 bits per heavy atom. The van der Waals surface area contributed by atoms with Crippen molar-refractivity contribution in [1.29, 1.82) is 0 Å². The fourth-order valence-corrected chi connectivity index (χ4v) is 3.22. The number of nitrogens with one attached hydrogen (secondary N) is 1. The first kappa shape index (κ1) is 25.3. The van der Waals surface area contributed by atoms with Crippen LogP contribution in [0.15, 0.2) is 42.5 Å². The van der Waals surface area contributed by atoms with Gasteiger partial charge in [-0.1, -0.05) is 43.1 Å². The molecule has 0 aliphatic heterocycles. The van der Waals surface area contributed by atoms with E-state index in [2.05, 4.69) is 5.32 Å². The summed E-state index contributed by atoms with van der Waals surface area (Å²) in [5.41, 5.74) is 0.749. The van der Waals surface area contributed by atoms with E-state index < -0.39 is 6.04 Å². The van der Waals surface area contributed by atoms with E-state index in [-0.39, 0.29) is 25.0 Å². The van der Waals surface area contributed by atoms with E-state index in [0.717, 1.165) is 18.4 Å². The number of halogens is 1. The maximum Gasteiger partial charge on any atom is 0.261 e. The van der Waals surface area contributed by atoms with Crippen molar-refractivity contribution in [2.75, 3.05) is 27.4 Å². The first-order valence-corrected chi connectivity index (χ1v) is 10.9. The van der Waals surface area contributed by atoms with Crippen LogP contribution in [0.5, 0.6) is 17.2 Å². The number of hydrogen-bond acceptors (Lipinski definition) is 5. The van der Waals surface area contributed by atoms with Gasteiger partial charge in [0.15, 0.2) is 6.61 Å². The molecule has 0 spiro atoms. The third-order valence-corrected chi connectivity index (χ3v) is 5.35. The second kappa shape index (κ2) is 12.8. The van der Waals surface area contributed by atoms with Crippen molar-refractivity contribution in [2.45, 2.75) is 39.3 Å². The minimum Gasteiger partial charge on any atom is -0.496 e. The van der Waals surface area contributed by atoms with E-state index >= 15 is 0 Å². The highest BCUT2D eigenvalue weighted by Crippen LogP contribution is 2.27. The van der Waals surface area contributed by atoms with Crippen molar-refractivity contribution >= 4 is 23.4 Å². The number of unbranched alkanes of at least 4 members (excludes halogenated alkanes) is 1. The molecule has 0 heterocycles. The van der Waals surface area contributed by atoms with E-state index in [1.165, 1.54) is 19.1 Å². The molecule has 174 valence electrons. The Kier molecular flexibility index (Phi) is 10.1. The fourth-order valence-electron chi connectivity index (χ4n) is 3.02. The zero-order chi connectivity index (χ0) is 23.5. The number of carbonyl (C=O) groups excluding carboxylic acids is 2. The molecule has 2 rings (SSSR count). The highest BCUT2D eigenvalue weighted by Gasteiger charge is 2.27. The van der Waals surface area contributed by atoms with Gasteiger partial charge in [0.25, 0.3) is 5.91 Å². The Hall–Kier alpha value is -2.93. The molecule has 0 aliphatic carbocycles. The van der Waals surface area contributed by atoms with E-state index in [1.54, 1.807) is 31.2 Å². The van der Waals surface area contributed by atoms with Crippen molar-refractivity contribution < 1.29 is 23.8 Å². The van der Waals surface area contributed by atoms with Gasteiger partial charge in [0.1, 0.15) is 23.3 Å². The second-order valence-electron chi connectivity index (χ2n) is 7.27. The van der Waals surface area contributed by atoms with Crippen LogP contribution in [0.1, 0.15) is 32.3 Å². The number of rotatable bonds is 12. The number of nitrogens with zero attached hydrogens (tertiary/aromatic N) is 1. The van der Waals surface area contributed by atoms with Crippen molar-refractivity contribution in [2.24, 2.45) is 0 Å². The highest BCUT2D eigenvalue weighted by molar-refractivity contribution is 6.31. The summed E-state index contributed by atoms with van der Waals surface area (Å²) in [6, 6.07) is 11.6. The molecule has 0 saturated heterocycles. The van der Waals surface area contributed by atoms with Crippen molar-refractivity contribution in [3.8, 4) is 17.2 Å². The molecule has 1 unspecified atom stereocenters. The Morgan fingerprint density at radius 3 is 2.28 bits per heavy atom. The van der Waals surface area contributed by atoms with E-state index in [9.17, 15) is 9.59 Å². The van der Waals surface area contributed by atoms with Crippen molar-refractivity contribution in [3.63, 3.8) is 0 Å². The van der Waals surface area contributed by atoms with E-state index in [0.29, 0.717) is 28.8 Å². The van der Waals surface area contributed by atoms with Gasteiger partial charge in [-0.05, 0) is 25.0 Å². The van der Waals surface area contributed by atoms with Crippen LogP contribution < -0.4 is 19.5 Å². The lowest BCUT2D eigenvalue weighted by Gasteiger charge is -2.29. The normalized spacial score (nSPS) is 11.4. The Bertz CT molecular complexity index is 883. The molecule has 1 N–H and O–H groups in total. The molecule has 0 bridgehead atoms.